The summed E-state index contributed by atoms with van der Waals surface area (Å²) in [6, 6.07) is 10.4. The molecule has 0 saturated carbocycles. The number of hydrogen-bond donors (Lipinski definition) is 2. The highest BCUT2D eigenvalue weighted by Crippen LogP contribution is 2.36. The van der Waals surface area contributed by atoms with E-state index in [1.54, 1.807) is 0 Å². The second-order valence-electron chi connectivity index (χ2n) is 8.22. The van der Waals surface area contributed by atoms with Crippen LogP contribution in [0.4, 0.5) is 5.69 Å². The fourth-order valence-electron chi connectivity index (χ4n) is 3.16. The maximum Gasteiger partial charge on any atom is 0.0738 e. The molecule has 27 heavy (non-hydrogen) atoms. The highest BCUT2D eigenvalue weighted by molar-refractivity contribution is 6.31. The number of pyridine rings is 1. The lowest BCUT2D eigenvalue weighted by Crippen LogP contribution is -2.39. The molecule has 3 nitrogen and oxygen atoms in total. The molecular weight excluding hydrogens is 354 g/mol. The molecule has 0 unspecified atom stereocenters. The molecule has 0 aliphatic carbocycles. The fourth-order valence-corrected chi connectivity index (χ4v) is 3.33. The number of fused-ring (bicyclic) bond motifs is 1. The Morgan fingerprint density at radius 3 is 2.30 bits per heavy atom. The molecule has 0 saturated heterocycles. The molecule has 3 aromatic rings. The average Bonchev–Trinajstić information content (AvgIpc) is 2.58. The highest BCUT2D eigenvalue weighted by atomic mass is 35.5. The van der Waals surface area contributed by atoms with Crippen LogP contribution in [0.3, 0.4) is 0 Å². The first-order chi connectivity index (χ1) is 12.7. The van der Waals surface area contributed by atoms with Gasteiger partial charge < -0.3 is 5.32 Å². The minimum atomic E-state index is 0.0380. The smallest absolute Gasteiger partial charge is 0.0738 e. The van der Waals surface area contributed by atoms with Gasteiger partial charge in [0.2, 0.25) is 0 Å². The maximum atomic E-state index is 6.18. The van der Waals surface area contributed by atoms with Crippen molar-refractivity contribution in [2.75, 3.05) is 12.0 Å². The van der Waals surface area contributed by atoms with Crippen molar-refractivity contribution in [2.45, 2.75) is 47.1 Å². The number of benzene rings is 2. The van der Waals surface area contributed by atoms with Gasteiger partial charge >= 0.3 is 0 Å². The summed E-state index contributed by atoms with van der Waals surface area (Å²) in [6.45, 7) is 13.6. The van der Waals surface area contributed by atoms with Gasteiger partial charge in [-0.2, -0.15) is 0 Å². The molecular formula is C23H28ClN3. The van der Waals surface area contributed by atoms with Crippen molar-refractivity contribution in [1.29, 1.82) is 0 Å². The van der Waals surface area contributed by atoms with Crippen molar-refractivity contribution >= 4 is 28.2 Å². The van der Waals surface area contributed by atoms with Crippen LogP contribution < -0.4 is 10.6 Å². The van der Waals surface area contributed by atoms with Crippen LogP contribution in [-0.4, -0.2) is 17.2 Å². The van der Waals surface area contributed by atoms with E-state index < -0.39 is 0 Å². The van der Waals surface area contributed by atoms with E-state index in [2.05, 4.69) is 69.3 Å². The minimum Gasteiger partial charge on any atom is -0.371 e. The Labute approximate surface area is 167 Å². The van der Waals surface area contributed by atoms with Crippen LogP contribution in [0.2, 0.25) is 5.02 Å². The van der Waals surface area contributed by atoms with Crippen LogP contribution in [0, 0.1) is 20.8 Å². The summed E-state index contributed by atoms with van der Waals surface area (Å²) in [6.07, 6.45) is 1.95. The molecule has 2 aromatic carbocycles. The molecule has 2 N–H and O–H groups in total. The molecule has 1 aromatic heterocycles. The molecule has 3 rings (SSSR count). The second kappa shape index (κ2) is 7.49. The zero-order valence-corrected chi connectivity index (χ0v) is 17.8. The minimum absolute atomic E-state index is 0.0380. The van der Waals surface area contributed by atoms with Crippen molar-refractivity contribution in [3.05, 3.63) is 58.2 Å². The number of nitrogens with one attached hydrogen (secondary N) is 2. The van der Waals surface area contributed by atoms with E-state index in [0.717, 1.165) is 22.2 Å². The monoisotopic (exact) mass is 381 g/mol. The third-order valence-corrected chi connectivity index (χ3v) is 5.19. The molecule has 0 atom stereocenters. The van der Waals surface area contributed by atoms with Crippen molar-refractivity contribution in [1.82, 2.24) is 10.3 Å². The lowest BCUT2D eigenvalue weighted by atomic mass is 9.95. The van der Waals surface area contributed by atoms with E-state index in [1.807, 2.05) is 24.4 Å². The first kappa shape index (κ1) is 19.7. The van der Waals surface area contributed by atoms with E-state index in [4.69, 9.17) is 11.6 Å². The first-order valence-corrected chi connectivity index (χ1v) is 9.69. The summed E-state index contributed by atoms with van der Waals surface area (Å²) in [7, 11) is 0. The van der Waals surface area contributed by atoms with Gasteiger partial charge in [-0.05, 0) is 82.0 Å². The summed E-state index contributed by atoms with van der Waals surface area (Å²) in [4.78, 5) is 4.67. The Balaban J connectivity index is 2.14. The largest absolute Gasteiger partial charge is 0.371 e. The van der Waals surface area contributed by atoms with Gasteiger partial charge in [0.05, 0.1) is 17.9 Å². The molecule has 0 amide bonds. The van der Waals surface area contributed by atoms with Crippen LogP contribution in [0.5, 0.6) is 0 Å². The van der Waals surface area contributed by atoms with Crippen LogP contribution in [0.15, 0.2) is 36.5 Å². The number of anilines is 1. The van der Waals surface area contributed by atoms with E-state index in [9.17, 15) is 0 Å². The van der Waals surface area contributed by atoms with Gasteiger partial charge in [-0.15, -0.1) is 0 Å². The zero-order chi connectivity index (χ0) is 19.8. The quantitative estimate of drug-likeness (QED) is 0.525. The van der Waals surface area contributed by atoms with Crippen molar-refractivity contribution in [2.24, 2.45) is 0 Å². The molecule has 0 aliphatic heterocycles. The van der Waals surface area contributed by atoms with Gasteiger partial charge in [-0.25, -0.2) is 0 Å². The van der Waals surface area contributed by atoms with Gasteiger partial charge in [0.15, 0.2) is 0 Å². The van der Waals surface area contributed by atoms with Gasteiger partial charge in [0.25, 0.3) is 0 Å². The Hall–Kier alpha value is -2.10. The van der Waals surface area contributed by atoms with Crippen molar-refractivity contribution in [3.63, 3.8) is 0 Å². The number of aryl methyl sites for hydroxylation is 2. The summed E-state index contributed by atoms with van der Waals surface area (Å²) in [5.41, 5.74) is 8.21. The second-order valence-corrected chi connectivity index (χ2v) is 8.66. The zero-order valence-electron chi connectivity index (χ0n) is 17.0. The maximum absolute atomic E-state index is 6.18. The summed E-state index contributed by atoms with van der Waals surface area (Å²) in [5.74, 6) is 0. The van der Waals surface area contributed by atoms with Crippen LogP contribution in [-0.2, 0) is 0 Å². The lowest BCUT2D eigenvalue weighted by molar-refractivity contribution is 0.442. The van der Waals surface area contributed by atoms with E-state index >= 15 is 0 Å². The standard InChI is InChI=1S/C23H28ClN3/c1-14-9-17(10-15(2)16(14)3)20-12-25-21-11-18(24)7-8-19(21)22(20)26-13-27-23(4,5)6/h7-12,27H,13H2,1-6H3,(H,25,26). The summed E-state index contributed by atoms with van der Waals surface area (Å²) >= 11 is 6.18. The third kappa shape index (κ3) is 4.42. The van der Waals surface area contributed by atoms with Gasteiger partial charge in [0, 0.05) is 27.7 Å². The topological polar surface area (TPSA) is 37.0 Å². The molecule has 142 valence electrons. The predicted octanol–water partition coefficient (Wildman–Crippen LogP) is 6.24. The van der Waals surface area contributed by atoms with Crippen molar-refractivity contribution in [3.8, 4) is 11.1 Å². The van der Waals surface area contributed by atoms with Gasteiger partial charge in [-0.1, -0.05) is 23.7 Å². The SMILES string of the molecule is Cc1cc(-c2cnc3cc(Cl)ccc3c2NCNC(C)(C)C)cc(C)c1C. The van der Waals surface area contributed by atoms with E-state index in [1.165, 1.54) is 22.3 Å². The normalized spacial score (nSPS) is 11.8. The number of rotatable bonds is 4. The number of halogens is 1. The Kier molecular flexibility index (Phi) is 5.45. The first-order valence-electron chi connectivity index (χ1n) is 9.31. The third-order valence-electron chi connectivity index (χ3n) is 4.95. The predicted molar refractivity (Wildman–Crippen MR) is 118 cm³/mol. The molecule has 0 fully saturated rings. The van der Waals surface area contributed by atoms with Crippen LogP contribution >= 0.6 is 11.6 Å². The molecule has 0 spiro atoms. The highest BCUT2D eigenvalue weighted by Gasteiger charge is 2.14. The van der Waals surface area contributed by atoms with E-state index in [-0.39, 0.29) is 5.54 Å². The molecule has 0 aliphatic rings. The number of aromatic nitrogens is 1. The van der Waals surface area contributed by atoms with Crippen molar-refractivity contribution < 1.29 is 0 Å². The number of nitrogens with zero attached hydrogens (tertiary/aromatic N) is 1. The van der Waals surface area contributed by atoms with Gasteiger partial charge in [0.1, 0.15) is 0 Å². The fraction of sp³-hybridized carbons (Fsp3) is 0.348. The summed E-state index contributed by atoms with van der Waals surface area (Å²) < 4.78 is 0. The molecule has 1 heterocycles. The Morgan fingerprint density at radius 1 is 1.00 bits per heavy atom. The molecule has 4 heteroatoms. The number of hydrogen-bond acceptors (Lipinski definition) is 3. The van der Waals surface area contributed by atoms with Crippen LogP contribution in [0.1, 0.15) is 37.5 Å². The van der Waals surface area contributed by atoms with Crippen LogP contribution in [0.25, 0.3) is 22.0 Å². The van der Waals surface area contributed by atoms with E-state index in [0.29, 0.717) is 11.7 Å². The lowest BCUT2D eigenvalue weighted by Gasteiger charge is -2.23. The average molecular weight is 382 g/mol. The van der Waals surface area contributed by atoms with Gasteiger partial charge in [-0.3, -0.25) is 10.3 Å². The molecule has 0 bridgehead atoms. The molecule has 0 radical (unpaired) electrons. The Morgan fingerprint density at radius 2 is 1.67 bits per heavy atom. The Bertz CT molecular complexity index is 964. The summed E-state index contributed by atoms with van der Waals surface area (Å²) in [5, 5.41) is 8.86.